The minimum atomic E-state index is -6.00. The highest BCUT2D eigenvalue weighted by Crippen LogP contribution is 2.56. The summed E-state index contributed by atoms with van der Waals surface area (Å²) in [5, 5.41) is 18.9. The van der Waals surface area contributed by atoms with Gasteiger partial charge in [-0.3, -0.25) is 9.59 Å². The molecule has 0 aromatic carbocycles. The first-order valence-electron chi connectivity index (χ1n) is 11.0. The Morgan fingerprint density at radius 2 is 0.949 bits per heavy atom. The molecule has 18 heteroatoms. The molecule has 4 atom stereocenters. The van der Waals surface area contributed by atoms with Gasteiger partial charge in [0.15, 0.2) is 0 Å². The summed E-state index contributed by atoms with van der Waals surface area (Å²) in [6.07, 6.45) is -12.8. The summed E-state index contributed by atoms with van der Waals surface area (Å²) in [7, 11) is 0. The van der Waals surface area contributed by atoms with Crippen LogP contribution < -0.4 is 0 Å². The van der Waals surface area contributed by atoms with Crippen LogP contribution in [0.1, 0.15) is 48.0 Å². The monoisotopic (exact) mass is 596 g/mol. The van der Waals surface area contributed by atoms with E-state index < -0.39 is 89.4 Å². The highest BCUT2D eigenvalue weighted by atomic mass is 19.4. The first-order valence-corrected chi connectivity index (χ1v) is 11.0. The number of hydrogen-bond donors (Lipinski definition) is 2. The lowest BCUT2D eigenvalue weighted by Gasteiger charge is -2.39. The van der Waals surface area contributed by atoms with E-state index in [0.717, 1.165) is 27.7 Å². The molecule has 2 aliphatic heterocycles. The molecule has 2 heterocycles. The predicted molar refractivity (Wildman–Crippen MR) is 105 cm³/mol. The zero-order valence-electron chi connectivity index (χ0n) is 21.2. The molecule has 39 heavy (non-hydrogen) atoms. The largest absolute Gasteiger partial charge is 0.450 e. The van der Waals surface area contributed by atoms with E-state index in [2.05, 4.69) is 18.9 Å². The fourth-order valence-electron chi connectivity index (χ4n) is 4.21. The Kier molecular flexibility index (Phi) is 7.50. The average molecular weight is 596 g/mol. The van der Waals surface area contributed by atoms with Crippen LogP contribution in [-0.2, 0) is 28.5 Å². The van der Waals surface area contributed by atoms with Crippen molar-refractivity contribution in [2.75, 3.05) is 13.2 Å². The number of rotatable bonds is 6. The normalized spacial score (nSPS) is 35.1. The summed E-state index contributed by atoms with van der Waals surface area (Å²) in [6, 6.07) is 0. The lowest BCUT2D eigenvalue weighted by Crippen LogP contribution is -2.64. The number of carbonyl (C=O) groups is 2. The van der Waals surface area contributed by atoms with Crippen molar-refractivity contribution in [1.29, 1.82) is 0 Å². The lowest BCUT2D eigenvalue weighted by molar-refractivity contribution is -0.409. The van der Waals surface area contributed by atoms with Crippen molar-refractivity contribution in [2.24, 2.45) is 10.8 Å². The second-order valence-corrected chi connectivity index (χ2v) is 11.2. The molecule has 2 N–H and O–H groups in total. The number of aliphatic hydroxyl groups is 2. The molecule has 2 saturated heterocycles. The molecule has 2 rings (SSSR count). The predicted octanol–water partition coefficient (Wildman–Crippen LogP) is 3.87. The molecule has 0 saturated carbocycles. The molecular formula is C21H26F10O8. The SMILES string of the molecule is CC(C)(CC(C)(C)C(=O)OC1(C)COC(O)(C(F)(F)F)C1(F)F)C(=O)OC1(C)COC(O)(C(F)(F)F)C1(F)F. The van der Waals surface area contributed by atoms with Crippen LogP contribution in [0.3, 0.4) is 0 Å². The van der Waals surface area contributed by atoms with Crippen molar-refractivity contribution in [2.45, 2.75) is 94.9 Å². The Bertz CT molecular complexity index is 932. The molecule has 2 fully saturated rings. The molecule has 4 unspecified atom stereocenters. The number of ether oxygens (including phenoxy) is 4. The van der Waals surface area contributed by atoms with Gasteiger partial charge in [0.1, 0.15) is 0 Å². The van der Waals surface area contributed by atoms with Crippen LogP contribution in [-0.4, -0.2) is 82.3 Å². The van der Waals surface area contributed by atoms with Gasteiger partial charge < -0.3 is 29.2 Å². The van der Waals surface area contributed by atoms with Crippen molar-refractivity contribution >= 4 is 11.9 Å². The molecule has 8 nitrogen and oxygen atoms in total. The minimum absolute atomic E-state index is 0.356. The summed E-state index contributed by atoms with van der Waals surface area (Å²) in [5.41, 5.74) is -10.8. The van der Waals surface area contributed by atoms with E-state index in [9.17, 15) is 63.7 Å². The Balaban J connectivity index is 2.24. The maximum atomic E-state index is 14.6. The lowest BCUT2D eigenvalue weighted by atomic mass is 9.74. The number of carbonyl (C=O) groups excluding carboxylic acids is 2. The zero-order valence-corrected chi connectivity index (χ0v) is 21.2. The van der Waals surface area contributed by atoms with Gasteiger partial charge in [-0.05, 0) is 48.0 Å². The number of halogens is 10. The molecule has 0 aliphatic carbocycles. The van der Waals surface area contributed by atoms with Gasteiger partial charge in [0.05, 0.1) is 24.0 Å². The molecule has 0 aromatic heterocycles. The second kappa shape index (κ2) is 8.79. The van der Waals surface area contributed by atoms with Gasteiger partial charge in [0, 0.05) is 0 Å². The smallest absolute Gasteiger partial charge is 0.449 e. The van der Waals surface area contributed by atoms with Gasteiger partial charge in [0.25, 0.3) is 0 Å². The van der Waals surface area contributed by atoms with Crippen LogP contribution in [0.25, 0.3) is 0 Å². The van der Waals surface area contributed by atoms with Crippen LogP contribution in [0.5, 0.6) is 0 Å². The minimum Gasteiger partial charge on any atom is -0.450 e. The van der Waals surface area contributed by atoms with Crippen molar-refractivity contribution in [3.05, 3.63) is 0 Å². The molecule has 0 amide bonds. The Hall–Kier alpha value is -1.92. The molecule has 0 aromatic rings. The van der Waals surface area contributed by atoms with E-state index >= 15 is 0 Å². The van der Waals surface area contributed by atoms with E-state index in [1.54, 1.807) is 0 Å². The Labute approximate surface area is 214 Å². The maximum absolute atomic E-state index is 14.6. The molecule has 228 valence electrons. The van der Waals surface area contributed by atoms with Crippen molar-refractivity contribution in [3.8, 4) is 0 Å². The van der Waals surface area contributed by atoms with Gasteiger partial charge in [-0.1, -0.05) is 0 Å². The van der Waals surface area contributed by atoms with Crippen LogP contribution in [0, 0.1) is 10.8 Å². The summed E-state index contributed by atoms with van der Waals surface area (Å²) in [6.45, 7) is 1.44. The fraction of sp³-hybridized carbons (Fsp3) is 0.905. The quantitative estimate of drug-likeness (QED) is 0.352. The third-order valence-electron chi connectivity index (χ3n) is 6.69. The highest BCUT2D eigenvalue weighted by molar-refractivity contribution is 5.80. The molecule has 0 radical (unpaired) electrons. The fourth-order valence-corrected chi connectivity index (χ4v) is 4.21. The average Bonchev–Trinajstić information content (AvgIpc) is 3.01. The number of esters is 2. The van der Waals surface area contributed by atoms with Crippen LogP contribution in [0.15, 0.2) is 0 Å². The topological polar surface area (TPSA) is 112 Å². The standard InChI is InChI=1S/C21H26F10O8/c1-12(2,10(32)38-14(5)8-36-18(34,16(14,22)23)20(26,27)28)7-13(3,4)11(33)39-15(6)9-37-19(35,17(15,24)25)21(29,30)31/h34-35H,7-9H2,1-6H3. The van der Waals surface area contributed by atoms with Crippen LogP contribution >= 0.6 is 0 Å². The van der Waals surface area contributed by atoms with Crippen LogP contribution in [0.2, 0.25) is 0 Å². The molecule has 0 bridgehead atoms. The van der Waals surface area contributed by atoms with Crippen LogP contribution in [0.4, 0.5) is 43.9 Å². The Morgan fingerprint density at radius 3 is 1.15 bits per heavy atom. The highest BCUT2D eigenvalue weighted by Gasteiger charge is 2.84. The zero-order chi connectivity index (χ0) is 31.1. The van der Waals surface area contributed by atoms with Gasteiger partial charge in [-0.25, -0.2) is 0 Å². The van der Waals surface area contributed by atoms with Gasteiger partial charge in [-0.15, -0.1) is 0 Å². The first-order chi connectivity index (χ1) is 16.9. The van der Waals surface area contributed by atoms with Gasteiger partial charge >= 0.3 is 47.7 Å². The molecular weight excluding hydrogens is 570 g/mol. The van der Waals surface area contributed by atoms with Crippen molar-refractivity contribution in [1.82, 2.24) is 0 Å². The summed E-state index contributed by atoms with van der Waals surface area (Å²) in [5.74, 6) is -23.7. The van der Waals surface area contributed by atoms with E-state index in [1.165, 1.54) is 0 Å². The Morgan fingerprint density at radius 1 is 0.692 bits per heavy atom. The van der Waals surface area contributed by atoms with Crippen molar-refractivity contribution < 1.29 is 82.7 Å². The molecule has 0 spiro atoms. The third kappa shape index (κ3) is 4.73. The van der Waals surface area contributed by atoms with E-state index in [1.807, 2.05) is 0 Å². The van der Waals surface area contributed by atoms with E-state index in [0.29, 0.717) is 13.8 Å². The van der Waals surface area contributed by atoms with E-state index in [-0.39, 0.29) is 0 Å². The second-order valence-electron chi connectivity index (χ2n) is 11.2. The number of alkyl halides is 10. The van der Waals surface area contributed by atoms with Crippen molar-refractivity contribution in [3.63, 3.8) is 0 Å². The van der Waals surface area contributed by atoms with Gasteiger partial charge in [-0.2, -0.15) is 43.9 Å². The number of hydrogen-bond acceptors (Lipinski definition) is 8. The third-order valence-corrected chi connectivity index (χ3v) is 6.69. The summed E-state index contributed by atoms with van der Waals surface area (Å²) < 4.78 is 154. The van der Waals surface area contributed by atoms with Gasteiger partial charge in [0.2, 0.25) is 11.2 Å². The molecule has 2 aliphatic rings. The first kappa shape index (κ1) is 33.3. The summed E-state index contributed by atoms with van der Waals surface area (Å²) >= 11 is 0. The summed E-state index contributed by atoms with van der Waals surface area (Å²) in [4.78, 5) is 25.5. The van der Waals surface area contributed by atoms with E-state index in [4.69, 9.17) is 0 Å². The maximum Gasteiger partial charge on any atom is 0.449 e.